The highest BCUT2D eigenvalue weighted by molar-refractivity contribution is 5.98. The van der Waals surface area contributed by atoms with Gasteiger partial charge < -0.3 is 19.5 Å². The second kappa shape index (κ2) is 9.16. The summed E-state index contributed by atoms with van der Waals surface area (Å²) in [5.41, 5.74) is 2.71. The number of carbonyl (C=O) groups is 2. The topological polar surface area (TPSA) is 96.4 Å². The number of carbonyl (C=O) groups excluding carboxylic acids is 2. The minimum Gasteiger partial charge on any atom is -0.435 e. The number of ether oxygens (including phenoxy) is 1. The van der Waals surface area contributed by atoms with Crippen molar-refractivity contribution >= 4 is 22.7 Å². The highest BCUT2D eigenvalue weighted by Gasteiger charge is 2.29. The molecular formula is C24H22F2N6O3. The SMILES string of the molecule is Cc1c(C(=O)N2CCN(C(=O)c3cc4ccccc4[nH]3)CC2)nnn1-c1ccc(OC(F)F)cc1. The third kappa shape index (κ3) is 4.44. The number of fused-ring (bicyclic) bond motifs is 1. The van der Waals surface area contributed by atoms with E-state index in [4.69, 9.17) is 0 Å². The number of hydrogen-bond donors (Lipinski definition) is 1. The van der Waals surface area contributed by atoms with Crippen LogP contribution in [0, 0.1) is 6.92 Å². The predicted octanol–water partition coefficient (Wildman–Crippen LogP) is 3.26. The van der Waals surface area contributed by atoms with Crippen LogP contribution in [0.1, 0.15) is 26.7 Å². The Kier molecular flexibility index (Phi) is 5.89. The smallest absolute Gasteiger partial charge is 0.387 e. The zero-order valence-corrected chi connectivity index (χ0v) is 18.8. The number of rotatable bonds is 5. The number of alkyl halides is 2. The number of H-pyrrole nitrogens is 1. The Morgan fingerprint density at radius 1 is 0.971 bits per heavy atom. The van der Waals surface area contributed by atoms with Crippen LogP contribution in [0.3, 0.4) is 0 Å². The van der Waals surface area contributed by atoms with Gasteiger partial charge in [0.05, 0.1) is 11.4 Å². The number of para-hydroxylation sites is 1. The monoisotopic (exact) mass is 480 g/mol. The summed E-state index contributed by atoms with van der Waals surface area (Å²) < 4.78 is 30.5. The molecule has 0 bridgehead atoms. The van der Waals surface area contributed by atoms with E-state index in [-0.39, 0.29) is 23.3 Å². The Hall–Kier alpha value is -4.28. The largest absolute Gasteiger partial charge is 0.435 e. The van der Waals surface area contributed by atoms with E-state index in [9.17, 15) is 18.4 Å². The van der Waals surface area contributed by atoms with Crippen molar-refractivity contribution in [1.82, 2.24) is 29.8 Å². The molecule has 0 atom stereocenters. The van der Waals surface area contributed by atoms with E-state index in [1.54, 1.807) is 28.9 Å². The molecule has 0 saturated carbocycles. The second-order valence-corrected chi connectivity index (χ2v) is 8.16. The summed E-state index contributed by atoms with van der Waals surface area (Å²) in [7, 11) is 0. The number of aromatic amines is 1. The molecule has 1 fully saturated rings. The number of piperazine rings is 1. The minimum atomic E-state index is -2.91. The van der Waals surface area contributed by atoms with Gasteiger partial charge in [-0.3, -0.25) is 9.59 Å². The van der Waals surface area contributed by atoms with Gasteiger partial charge in [-0.15, -0.1) is 5.10 Å². The number of amides is 2. The van der Waals surface area contributed by atoms with Gasteiger partial charge in [0.2, 0.25) is 0 Å². The molecule has 2 aromatic heterocycles. The number of nitrogens with zero attached hydrogens (tertiary/aromatic N) is 5. The number of aromatic nitrogens is 4. The van der Waals surface area contributed by atoms with Gasteiger partial charge in [0.15, 0.2) is 5.69 Å². The molecule has 3 heterocycles. The van der Waals surface area contributed by atoms with Crippen molar-refractivity contribution < 1.29 is 23.1 Å². The second-order valence-electron chi connectivity index (χ2n) is 8.16. The molecule has 35 heavy (non-hydrogen) atoms. The molecule has 9 nitrogen and oxygen atoms in total. The zero-order valence-electron chi connectivity index (χ0n) is 18.8. The molecule has 5 rings (SSSR count). The van der Waals surface area contributed by atoms with Gasteiger partial charge in [0.1, 0.15) is 11.4 Å². The van der Waals surface area contributed by atoms with E-state index in [1.165, 1.54) is 16.8 Å². The number of halogens is 2. The summed E-state index contributed by atoms with van der Waals surface area (Å²) >= 11 is 0. The van der Waals surface area contributed by atoms with Gasteiger partial charge in [-0.05, 0) is 43.3 Å². The van der Waals surface area contributed by atoms with E-state index in [0.717, 1.165) is 10.9 Å². The normalized spacial score (nSPS) is 14.1. The summed E-state index contributed by atoms with van der Waals surface area (Å²) in [6.45, 7) is 0.355. The Bertz CT molecular complexity index is 1340. The summed E-state index contributed by atoms with van der Waals surface area (Å²) in [5.74, 6) is -0.350. The Morgan fingerprint density at radius 3 is 2.29 bits per heavy atom. The van der Waals surface area contributed by atoms with Crippen molar-refractivity contribution in [3.63, 3.8) is 0 Å². The molecule has 0 spiro atoms. The van der Waals surface area contributed by atoms with E-state index >= 15 is 0 Å². The van der Waals surface area contributed by atoms with E-state index in [0.29, 0.717) is 43.3 Å². The fraction of sp³-hybridized carbons (Fsp3) is 0.250. The third-order valence-electron chi connectivity index (χ3n) is 6.02. The number of nitrogens with one attached hydrogen (secondary N) is 1. The maximum Gasteiger partial charge on any atom is 0.387 e. The van der Waals surface area contributed by atoms with E-state index in [1.807, 2.05) is 30.3 Å². The van der Waals surface area contributed by atoms with Crippen LogP contribution < -0.4 is 4.74 Å². The molecule has 1 aliphatic heterocycles. The maximum absolute atomic E-state index is 13.1. The van der Waals surface area contributed by atoms with Crippen LogP contribution in [0.5, 0.6) is 5.75 Å². The lowest BCUT2D eigenvalue weighted by molar-refractivity contribution is -0.0498. The van der Waals surface area contributed by atoms with Crippen molar-refractivity contribution in [2.75, 3.05) is 26.2 Å². The van der Waals surface area contributed by atoms with Crippen molar-refractivity contribution in [2.24, 2.45) is 0 Å². The molecule has 0 aliphatic carbocycles. The summed E-state index contributed by atoms with van der Waals surface area (Å²) in [4.78, 5) is 32.6. The van der Waals surface area contributed by atoms with Gasteiger partial charge >= 0.3 is 6.61 Å². The molecule has 1 N–H and O–H groups in total. The summed E-state index contributed by atoms with van der Waals surface area (Å²) in [6, 6.07) is 15.4. The third-order valence-corrected chi connectivity index (χ3v) is 6.02. The first-order valence-electron chi connectivity index (χ1n) is 11.0. The number of benzene rings is 2. The molecule has 0 radical (unpaired) electrons. The molecule has 4 aromatic rings. The van der Waals surface area contributed by atoms with Crippen molar-refractivity contribution in [2.45, 2.75) is 13.5 Å². The molecule has 2 aromatic carbocycles. The average Bonchev–Trinajstić information content (AvgIpc) is 3.47. The van der Waals surface area contributed by atoms with E-state index < -0.39 is 6.61 Å². The van der Waals surface area contributed by atoms with Crippen LogP contribution in [0.15, 0.2) is 54.6 Å². The van der Waals surface area contributed by atoms with Crippen LogP contribution in [-0.2, 0) is 0 Å². The molecule has 1 aliphatic rings. The molecule has 11 heteroatoms. The van der Waals surface area contributed by atoms with Crippen LogP contribution in [0.4, 0.5) is 8.78 Å². The van der Waals surface area contributed by atoms with Gasteiger partial charge in [0.25, 0.3) is 11.8 Å². The zero-order chi connectivity index (χ0) is 24.5. The first-order valence-corrected chi connectivity index (χ1v) is 11.0. The molecular weight excluding hydrogens is 458 g/mol. The lowest BCUT2D eigenvalue weighted by Crippen LogP contribution is -2.50. The maximum atomic E-state index is 13.1. The molecule has 0 unspecified atom stereocenters. The summed E-state index contributed by atoms with van der Waals surface area (Å²) in [6.07, 6.45) is 0. The highest BCUT2D eigenvalue weighted by atomic mass is 19.3. The Labute approximate surface area is 198 Å². The fourth-order valence-corrected chi connectivity index (χ4v) is 4.16. The minimum absolute atomic E-state index is 0.0256. The predicted molar refractivity (Wildman–Crippen MR) is 123 cm³/mol. The average molecular weight is 480 g/mol. The van der Waals surface area contributed by atoms with Crippen molar-refractivity contribution in [1.29, 1.82) is 0 Å². The van der Waals surface area contributed by atoms with E-state index in [2.05, 4.69) is 20.0 Å². The molecule has 180 valence electrons. The van der Waals surface area contributed by atoms with Crippen LogP contribution >= 0.6 is 0 Å². The highest BCUT2D eigenvalue weighted by Crippen LogP contribution is 2.20. The van der Waals surface area contributed by atoms with Gasteiger partial charge in [-0.2, -0.15) is 8.78 Å². The lowest BCUT2D eigenvalue weighted by atomic mass is 10.2. The standard InChI is InChI=1S/C24H22F2N6O3/c1-15-21(28-29-32(15)17-6-8-18(9-7-17)35-24(25)26)23(34)31-12-10-30(11-13-31)22(33)20-14-16-4-2-3-5-19(16)27-20/h2-9,14,24,27H,10-13H2,1H3. The van der Waals surface area contributed by atoms with Crippen molar-refractivity contribution in [3.05, 3.63) is 71.7 Å². The van der Waals surface area contributed by atoms with Gasteiger partial charge in [-0.25, -0.2) is 4.68 Å². The molecule has 1 saturated heterocycles. The van der Waals surface area contributed by atoms with Crippen molar-refractivity contribution in [3.8, 4) is 11.4 Å². The Balaban J connectivity index is 1.24. The number of hydrogen-bond acceptors (Lipinski definition) is 5. The lowest BCUT2D eigenvalue weighted by Gasteiger charge is -2.34. The first kappa shape index (κ1) is 22.5. The molecule has 2 amide bonds. The van der Waals surface area contributed by atoms with Crippen LogP contribution in [-0.4, -0.2) is 74.4 Å². The fourth-order valence-electron chi connectivity index (χ4n) is 4.16. The first-order chi connectivity index (χ1) is 16.9. The van der Waals surface area contributed by atoms with Gasteiger partial charge in [-0.1, -0.05) is 23.4 Å². The quantitative estimate of drug-likeness (QED) is 0.473. The van der Waals surface area contributed by atoms with Crippen LogP contribution in [0.2, 0.25) is 0 Å². The van der Waals surface area contributed by atoms with Crippen LogP contribution in [0.25, 0.3) is 16.6 Å². The Morgan fingerprint density at radius 2 is 1.63 bits per heavy atom. The van der Waals surface area contributed by atoms with Gasteiger partial charge in [0, 0.05) is 37.1 Å². The summed E-state index contributed by atoms with van der Waals surface area (Å²) in [5, 5.41) is 9.08.